The van der Waals surface area contributed by atoms with E-state index in [-0.39, 0.29) is 30.8 Å². The number of anilines is 1. The van der Waals surface area contributed by atoms with E-state index in [0.717, 1.165) is 5.56 Å². The first-order chi connectivity index (χ1) is 16.2. The Labute approximate surface area is 201 Å². The van der Waals surface area contributed by atoms with Gasteiger partial charge in [-0.25, -0.2) is 0 Å². The van der Waals surface area contributed by atoms with Crippen LogP contribution in [0.1, 0.15) is 33.9 Å². The number of aliphatic imine (C=N–C) groups is 1. The van der Waals surface area contributed by atoms with Crippen molar-refractivity contribution in [3.05, 3.63) is 58.1 Å². The molecular weight excluding hydrogens is 462 g/mol. The summed E-state index contributed by atoms with van der Waals surface area (Å²) in [6.45, 7) is 2.08. The molecule has 2 aromatic carbocycles. The fraction of sp³-hybridized carbons (Fsp3) is 0.304. The molecule has 1 aliphatic heterocycles. The zero-order valence-corrected chi connectivity index (χ0v) is 19.2. The summed E-state index contributed by atoms with van der Waals surface area (Å²) in [6.07, 6.45) is 0.180. The molecule has 0 saturated heterocycles. The lowest BCUT2D eigenvalue weighted by Gasteiger charge is -2.20. The summed E-state index contributed by atoms with van der Waals surface area (Å²) >= 11 is 6.09. The molecule has 2 aromatic rings. The Morgan fingerprint density at radius 2 is 2.06 bits per heavy atom. The Hall–Kier alpha value is -3.63. The number of phenolic OH excluding ortho intramolecular Hbond substituents is 1. The Kier molecular flexibility index (Phi) is 8.44. The lowest BCUT2D eigenvalue weighted by molar-refractivity contribution is -0.121. The molecule has 0 aromatic heterocycles. The summed E-state index contributed by atoms with van der Waals surface area (Å²) in [4.78, 5) is 40.3. The van der Waals surface area contributed by atoms with Gasteiger partial charge in [0.05, 0.1) is 25.2 Å². The van der Waals surface area contributed by atoms with Crippen LogP contribution in [0.5, 0.6) is 5.75 Å². The second-order valence-electron chi connectivity index (χ2n) is 7.88. The first-order valence-corrected chi connectivity index (χ1v) is 11.0. The second-order valence-corrected chi connectivity index (χ2v) is 8.32. The number of rotatable bonds is 8. The van der Waals surface area contributed by atoms with E-state index >= 15 is 0 Å². The molecule has 1 unspecified atom stereocenters. The molecule has 0 spiro atoms. The van der Waals surface area contributed by atoms with Crippen LogP contribution >= 0.6 is 11.6 Å². The smallest absolute Gasteiger partial charge is 0.251 e. The Balaban J connectivity index is 1.61. The number of carbonyl (C=O) groups excluding carboxylic acids is 3. The Bertz CT molecular complexity index is 1090. The molecule has 3 rings (SSSR count). The number of phenols is 1. The Morgan fingerprint density at radius 1 is 1.26 bits per heavy atom. The zero-order chi connectivity index (χ0) is 24.7. The minimum absolute atomic E-state index is 0.0516. The van der Waals surface area contributed by atoms with Crippen molar-refractivity contribution < 1.29 is 24.6 Å². The van der Waals surface area contributed by atoms with Crippen molar-refractivity contribution in [2.75, 3.05) is 25.0 Å². The van der Waals surface area contributed by atoms with Crippen LogP contribution in [0, 0.1) is 6.92 Å². The van der Waals surface area contributed by atoms with Gasteiger partial charge in [0.25, 0.3) is 5.91 Å². The number of aromatic hydroxyl groups is 1. The van der Waals surface area contributed by atoms with Crippen molar-refractivity contribution in [2.24, 2.45) is 4.99 Å². The van der Waals surface area contributed by atoms with Gasteiger partial charge < -0.3 is 36.3 Å². The van der Waals surface area contributed by atoms with E-state index in [1.807, 2.05) is 13.0 Å². The fourth-order valence-electron chi connectivity index (χ4n) is 3.41. The average Bonchev–Trinajstić information content (AvgIpc) is 2.77. The number of amides is 2. The number of nitrogens with zero attached hydrogens (tertiary/aromatic N) is 1. The average molecular weight is 488 g/mol. The number of halogens is 1. The predicted octanol–water partition coefficient (Wildman–Crippen LogP) is 1.26. The topological polar surface area (TPSA) is 152 Å². The molecule has 0 saturated carbocycles. The largest absolute Gasteiger partial charge is 0.508 e. The molecule has 0 fully saturated rings. The maximum atomic E-state index is 12.6. The lowest BCUT2D eigenvalue weighted by Crippen LogP contribution is -2.42. The maximum absolute atomic E-state index is 12.6. The van der Waals surface area contributed by atoms with Crippen LogP contribution in [0.15, 0.2) is 41.4 Å². The first kappa shape index (κ1) is 25.0. The van der Waals surface area contributed by atoms with Gasteiger partial charge in [0, 0.05) is 35.3 Å². The molecule has 6 N–H and O–H groups in total. The van der Waals surface area contributed by atoms with Crippen LogP contribution < -0.4 is 21.3 Å². The first-order valence-electron chi connectivity index (χ1n) is 10.6. The number of aliphatic hydroxyl groups excluding tert-OH is 1. The van der Waals surface area contributed by atoms with Crippen molar-refractivity contribution in [3.63, 3.8) is 0 Å². The quantitative estimate of drug-likeness (QED) is 0.306. The van der Waals surface area contributed by atoms with Gasteiger partial charge in [-0.2, -0.15) is 0 Å². The predicted molar refractivity (Wildman–Crippen MR) is 128 cm³/mol. The highest BCUT2D eigenvalue weighted by molar-refractivity contribution is 6.30. The van der Waals surface area contributed by atoms with E-state index in [9.17, 15) is 24.6 Å². The molecule has 2 atom stereocenters. The van der Waals surface area contributed by atoms with Gasteiger partial charge in [-0.3, -0.25) is 14.6 Å². The number of guanidine groups is 1. The van der Waals surface area contributed by atoms with Crippen LogP contribution in [0.25, 0.3) is 0 Å². The van der Waals surface area contributed by atoms with Gasteiger partial charge in [-0.05, 0) is 42.3 Å². The van der Waals surface area contributed by atoms with E-state index in [1.165, 1.54) is 18.2 Å². The highest BCUT2D eigenvalue weighted by atomic mass is 35.5. The lowest BCUT2D eigenvalue weighted by atomic mass is 10.0. The van der Waals surface area contributed by atoms with Gasteiger partial charge in [0.15, 0.2) is 5.96 Å². The normalized spacial score (nSPS) is 16.0. The second kappa shape index (κ2) is 11.5. The number of benzene rings is 2. The monoisotopic (exact) mass is 487 g/mol. The van der Waals surface area contributed by atoms with Gasteiger partial charge in [0.2, 0.25) is 5.91 Å². The van der Waals surface area contributed by atoms with Crippen molar-refractivity contribution in [1.82, 2.24) is 16.0 Å². The maximum Gasteiger partial charge on any atom is 0.251 e. The minimum atomic E-state index is -0.585. The Morgan fingerprint density at radius 3 is 2.74 bits per heavy atom. The number of hydrogen-bond donors (Lipinski definition) is 6. The number of hydrogen-bond acceptors (Lipinski definition) is 8. The van der Waals surface area contributed by atoms with E-state index in [2.05, 4.69) is 26.3 Å². The molecule has 11 heteroatoms. The number of aryl methyl sites for hydroxylation is 1. The van der Waals surface area contributed by atoms with Crippen molar-refractivity contribution in [2.45, 2.75) is 25.5 Å². The van der Waals surface area contributed by atoms with Crippen LogP contribution in [0.4, 0.5) is 5.69 Å². The molecule has 1 aliphatic rings. The van der Waals surface area contributed by atoms with Crippen molar-refractivity contribution in [3.8, 4) is 5.75 Å². The molecule has 180 valence electrons. The molecule has 10 nitrogen and oxygen atoms in total. The number of β-amino-alcohol motifs (C(OH)–C–C–N with tert-alkyl or cyclic N) is 1. The molecule has 34 heavy (non-hydrogen) atoms. The molecule has 0 radical (unpaired) electrons. The molecule has 1 heterocycles. The number of aliphatic hydroxyl groups is 1. The van der Waals surface area contributed by atoms with Crippen molar-refractivity contribution >= 4 is 41.3 Å². The standard InChI is InChI=1S/C23H26ClN5O5/c1-13-4-14(6-16(24)5-13)20(2-3-30)29-21(33)12-25-22(34)15-7-17(9-18(31)8-15)28-23-26-10-19(32)11-27-23/h3-9,19-20,31-32H,2,10-12H2,1H3,(H,25,34)(H,29,33)(H2,26,27,28)/t20-/m0/s1. The van der Waals surface area contributed by atoms with Gasteiger partial charge in [-0.15, -0.1) is 0 Å². The van der Waals surface area contributed by atoms with Crippen LogP contribution in [-0.2, 0) is 9.59 Å². The fourth-order valence-corrected chi connectivity index (χ4v) is 3.71. The van der Waals surface area contributed by atoms with Crippen LogP contribution in [0.3, 0.4) is 0 Å². The van der Waals surface area contributed by atoms with Crippen molar-refractivity contribution in [1.29, 1.82) is 0 Å². The molecule has 0 aliphatic carbocycles. The number of nitrogens with one attached hydrogen (secondary N) is 4. The highest BCUT2D eigenvalue weighted by Gasteiger charge is 2.17. The summed E-state index contributed by atoms with van der Waals surface area (Å²) in [6, 6.07) is 8.85. The molecule has 2 amide bonds. The van der Waals surface area contributed by atoms with Crippen LogP contribution in [-0.4, -0.2) is 60.0 Å². The highest BCUT2D eigenvalue weighted by Crippen LogP contribution is 2.22. The van der Waals surface area contributed by atoms with Crippen LogP contribution in [0.2, 0.25) is 5.02 Å². The van der Waals surface area contributed by atoms with E-state index in [4.69, 9.17) is 11.6 Å². The van der Waals surface area contributed by atoms with Gasteiger partial charge in [-0.1, -0.05) is 17.7 Å². The SMILES string of the molecule is Cc1cc(Cl)cc([C@H](CC=O)NC(=O)CNC(=O)c2cc(O)cc(NC3=NCC(O)CN3)c2)c1. The summed E-state index contributed by atoms with van der Waals surface area (Å²) in [5, 5.41) is 31.0. The van der Waals surface area contributed by atoms with Gasteiger partial charge in [0.1, 0.15) is 12.0 Å². The van der Waals surface area contributed by atoms with E-state index in [0.29, 0.717) is 35.1 Å². The molecular formula is C23H26ClN5O5. The summed E-state index contributed by atoms with van der Waals surface area (Å²) in [7, 11) is 0. The number of carbonyl (C=O) groups is 3. The third-order valence-electron chi connectivity index (χ3n) is 4.95. The summed E-state index contributed by atoms with van der Waals surface area (Å²) in [5.41, 5.74) is 2.10. The summed E-state index contributed by atoms with van der Waals surface area (Å²) in [5.74, 6) is -0.818. The zero-order valence-electron chi connectivity index (χ0n) is 18.5. The van der Waals surface area contributed by atoms with Gasteiger partial charge >= 0.3 is 0 Å². The number of aldehydes is 1. The molecule has 0 bridgehead atoms. The third-order valence-corrected chi connectivity index (χ3v) is 5.17. The summed E-state index contributed by atoms with van der Waals surface area (Å²) < 4.78 is 0. The van der Waals surface area contributed by atoms with E-state index < -0.39 is 24.0 Å². The third kappa shape index (κ3) is 7.19. The van der Waals surface area contributed by atoms with E-state index in [1.54, 1.807) is 12.1 Å². The minimum Gasteiger partial charge on any atom is -0.508 e.